The maximum absolute atomic E-state index is 15.0. The molecule has 0 aromatic heterocycles. The standard InChI is InChI=1S/C64H104N2O6/c1-53(2)29-31-63(41(35-53)39-17-19-45-57(9)25-23-47(67)55(5,6)43(57)21-27-59(45,11)61(39,13)37-49(63)69)51(71)65-33-15-16-34-66-52(72)64-32-30-54(3,4)36-42(64)40-18-20-46-58(10)26-24-48(68)56(7,8)44(58)22-28-60(46,12)62(40,14)38-50(64)70/h17-18,41-50,67-70H,15-16,19-38H2,1-14H3,(H,65,71)(H,66,72)/t41?,42?,43?,44?,45?,46?,47-,48-,49+,50+,57-,58-,59+,60+,61+,62+,63+,64+/m0/s1. The Morgan fingerprint density at radius 1 is 0.458 bits per heavy atom. The Morgan fingerprint density at radius 3 is 1.18 bits per heavy atom. The van der Waals surface area contributed by atoms with Crippen LogP contribution in [0.5, 0.6) is 0 Å². The van der Waals surface area contributed by atoms with Crippen molar-refractivity contribution in [1.82, 2.24) is 10.6 Å². The minimum Gasteiger partial charge on any atom is -0.393 e. The summed E-state index contributed by atoms with van der Waals surface area (Å²) < 4.78 is 0. The first-order chi connectivity index (χ1) is 33.3. The van der Waals surface area contributed by atoms with Gasteiger partial charge in [-0.15, -0.1) is 0 Å². The molecule has 0 aromatic carbocycles. The Balaban J connectivity index is 0.825. The van der Waals surface area contributed by atoms with Crippen LogP contribution in [0.3, 0.4) is 0 Å². The Labute approximate surface area is 437 Å². The molecule has 406 valence electrons. The van der Waals surface area contributed by atoms with Gasteiger partial charge >= 0.3 is 0 Å². The number of hydrogen-bond donors (Lipinski definition) is 6. The van der Waals surface area contributed by atoms with Crippen molar-refractivity contribution in [2.24, 2.45) is 100 Å². The van der Waals surface area contributed by atoms with Crippen LogP contribution in [0.15, 0.2) is 23.3 Å². The predicted octanol–water partition coefficient (Wildman–Crippen LogP) is 12.3. The summed E-state index contributed by atoms with van der Waals surface area (Å²) in [6.45, 7) is 34.7. The van der Waals surface area contributed by atoms with Crippen LogP contribution in [0.4, 0.5) is 0 Å². The molecule has 10 aliphatic carbocycles. The largest absolute Gasteiger partial charge is 0.393 e. The van der Waals surface area contributed by atoms with E-state index < -0.39 is 23.0 Å². The van der Waals surface area contributed by atoms with Gasteiger partial charge in [-0.3, -0.25) is 9.59 Å². The Morgan fingerprint density at radius 2 is 0.819 bits per heavy atom. The number of hydrogen-bond acceptors (Lipinski definition) is 6. The zero-order valence-corrected chi connectivity index (χ0v) is 48.1. The molecule has 8 heteroatoms. The molecular weight excluding hydrogens is 893 g/mol. The van der Waals surface area contributed by atoms with E-state index in [4.69, 9.17) is 0 Å². The molecule has 2 amide bonds. The third kappa shape index (κ3) is 7.05. The van der Waals surface area contributed by atoms with Crippen molar-refractivity contribution in [1.29, 1.82) is 0 Å². The molecule has 0 aromatic rings. The summed E-state index contributed by atoms with van der Waals surface area (Å²) in [7, 11) is 0. The summed E-state index contributed by atoms with van der Waals surface area (Å²) in [5, 5.41) is 54.7. The number of nitrogens with one attached hydrogen (secondary N) is 2. The third-order valence-corrected chi connectivity index (χ3v) is 27.3. The molecule has 72 heavy (non-hydrogen) atoms. The van der Waals surface area contributed by atoms with Crippen molar-refractivity contribution >= 4 is 11.8 Å². The fourth-order valence-electron chi connectivity index (χ4n) is 22.5. The molecule has 0 spiro atoms. The van der Waals surface area contributed by atoms with Crippen LogP contribution in [0.2, 0.25) is 0 Å². The third-order valence-electron chi connectivity index (χ3n) is 27.3. The maximum Gasteiger partial charge on any atom is 0.229 e. The average molecular weight is 998 g/mol. The van der Waals surface area contributed by atoms with Gasteiger partial charge in [-0.05, 0) is 218 Å². The van der Waals surface area contributed by atoms with Gasteiger partial charge in [0.1, 0.15) is 0 Å². The zero-order valence-electron chi connectivity index (χ0n) is 48.1. The monoisotopic (exact) mass is 997 g/mol. The summed E-state index contributed by atoms with van der Waals surface area (Å²) >= 11 is 0. The average Bonchev–Trinajstić information content (AvgIpc) is 3.27. The molecule has 8 saturated carbocycles. The number of rotatable bonds is 7. The van der Waals surface area contributed by atoms with Gasteiger partial charge in [0.2, 0.25) is 11.8 Å². The van der Waals surface area contributed by atoms with Crippen LogP contribution < -0.4 is 10.6 Å². The number of carbonyl (C=O) groups is 2. The highest BCUT2D eigenvalue weighted by atomic mass is 16.3. The Kier molecular flexibility index (Phi) is 12.6. The normalized spacial score (nSPS) is 51.3. The maximum atomic E-state index is 15.0. The first-order valence-electron chi connectivity index (χ1n) is 30.0. The van der Waals surface area contributed by atoms with Crippen molar-refractivity contribution in [3.8, 4) is 0 Å². The van der Waals surface area contributed by atoms with Gasteiger partial charge in [0.05, 0.1) is 35.2 Å². The Bertz CT molecular complexity index is 2090. The number of carbonyl (C=O) groups excluding carboxylic acids is 2. The van der Waals surface area contributed by atoms with Crippen LogP contribution in [0.1, 0.15) is 225 Å². The van der Waals surface area contributed by atoms with E-state index in [-0.39, 0.29) is 90.0 Å². The predicted molar refractivity (Wildman–Crippen MR) is 288 cm³/mol. The van der Waals surface area contributed by atoms with Crippen LogP contribution in [-0.4, -0.2) is 69.7 Å². The van der Waals surface area contributed by atoms with Crippen LogP contribution in [0, 0.1) is 100 Å². The first kappa shape index (κ1) is 53.6. The lowest BCUT2D eigenvalue weighted by Gasteiger charge is -2.71. The molecule has 8 nitrogen and oxygen atoms in total. The van der Waals surface area contributed by atoms with E-state index in [2.05, 4.69) is 120 Å². The summed E-state index contributed by atoms with van der Waals surface area (Å²) in [6.07, 6.45) is 21.0. The molecule has 0 aliphatic heterocycles. The summed E-state index contributed by atoms with van der Waals surface area (Å²) in [5.74, 6) is 1.83. The van der Waals surface area contributed by atoms with Gasteiger partial charge in [-0.25, -0.2) is 0 Å². The van der Waals surface area contributed by atoms with Gasteiger partial charge in [-0.1, -0.05) is 120 Å². The number of amides is 2. The van der Waals surface area contributed by atoms with Crippen molar-refractivity contribution in [3.63, 3.8) is 0 Å². The molecule has 8 fully saturated rings. The molecule has 10 aliphatic rings. The lowest BCUT2D eigenvalue weighted by atomic mass is 9.33. The van der Waals surface area contributed by atoms with Crippen molar-refractivity contribution < 1.29 is 30.0 Å². The summed E-state index contributed by atoms with van der Waals surface area (Å²) in [6, 6.07) is 0. The Hall–Kier alpha value is -1.74. The topological polar surface area (TPSA) is 139 Å². The van der Waals surface area contributed by atoms with E-state index in [0.29, 0.717) is 62.4 Å². The van der Waals surface area contributed by atoms with Crippen LogP contribution in [-0.2, 0) is 9.59 Å². The lowest BCUT2D eigenvalue weighted by Crippen LogP contribution is -2.68. The van der Waals surface area contributed by atoms with E-state index in [1.807, 2.05) is 0 Å². The van der Waals surface area contributed by atoms with E-state index in [0.717, 1.165) is 103 Å². The molecule has 10 rings (SSSR count). The second kappa shape index (κ2) is 16.9. The molecule has 6 N–H and O–H groups in total. The van der Waals surface area contributed by atoms with Crippen molar-refractivity contribution in [2.75, 3.05) is 13.1 Å². The molecule has 18 atom stereocenters. The minimum atomic E-state index is -0.859. The lowest BCUT2D eigenvalue weighted by molar-refractivity contribution is -0.215. The fourth-order valence-corrected chi connectivity index (χ4v) is 22.5. The molecule has 0 saturated heterocycles. The van der Waals surface area contributed by atoms with Crippen LogP contribution >= 0.6 is 0 Å². The van der Waals surface area contributed by atoms with Crippen molar-refractivity contribution in [3.05, 3.63) is 23.3 Å². The van der Waals surface area contributed by atoms with Gasteiger partial charge in [0.25, 0.3) is 0 Å². The minimum absolute atomic E-state index is 0.0114. The van der Waals surface area contributed by atoms with Gasteiger partial charge in [0, 0.05) is 13.1 Å². The number of aliphatic hydroxyl groups excluding tert-OH is 4. The van der Waals surface area contributed by atoms with Crippen LogP contribution in [0.25, 0.3) is 0 Å². The molecule has 6 unspecified atom stereocenters. The number of unbranched alkanes of at least 4 members (excludes halogenated alkanes) is 1. The smallest absolute Gasteiger partial charge is 0.229 e. The SMILES string of the molecule is CC1(C)CC[C@@]2(C(=O)NCCCCNC(=O)[C@]34CCC(C)(C)CC3C3=CCC5[C@@]6(C)CC[C@H](O)C(C)(C)C6CC[C@@]5(C)[C@]3(C)C[C@H]4O)C(C1)C1=CCC3[C@@]4(C)CC[C@H](O)C(C)(C)C4CC[C@@]3(C)[C@]1(C)C[C@H]2O. The highest BCUT2D eigenvalue weighted by molar-refractivity contribution is 5.86. The second-order valence-corrected chi connectivity index (χ2v) is 31.9. The molecular formula is C64H104N2O6. The van der Waals surface area contributed by atoms with Gasteiger partial charge in [-0.2, -0.15) is 0 Å². The van der Waals surface area contributed by atoms with E-state index >= 15 is 0 Å². The van der Waals surface area contributed by atoms with Crippen molar-refractivity contribution in [2.45, 2.75) is 250 Å². The molecule has 0 bridgehead atoms. The van der Waals surface area contributed by atoms with Gasteiger partial charge in [0.15, 0.2) is 0 Å². The first-order valence-corrected chi connectivity index (χ1v) is 30.0. The van der Waals surface area contributed by atoms with Gasteiger partial charge < -0.3 is 31.1 Å². The summed E-state index contributed by atoms with van der Waals surface area (Å²) in [4.78, 5) is 30.0. The highest BCUT2D eigenvalue weighted by Gasteiger charge is 2.73. The quantitative estimate of drug-likeness (QED) is 0.111. The fraction of sp³-hybridized carbons (Fsp3) is 0.906. The molecule has 0 heterocycles. The second-order valence-electron chi connectivity index (χ2n) is 31.9. The number of aliphatic hydroxyl groups is 4. The van der Waals surface area contributed by atoms with E-state index in [1.165, 1.54) is 11.1 Å². The highest BCUT2D eigenvalue weighted by Crippen LogP contribution is 2.78. The van der Waals surface area contributed by atoms with E-state index in [1.54, 1.807) is 0 Å². The summed E-state index contributed by atoms with van der Waals surface area (Å²) in [5.41, 5.74) is 0.820. The number of fused-ring (bicyclic) bond motifs is 14. The zero-order chi connectivity index (χ0) is 52.5. The number of allylic oxidation sites excluding steroid dienone is 4. The van der Waals surface area contributed by atoms with E-state index in [9.17, 15) is 30.0 Å². The molecule has 0 radical (unpaired) electrons.